The van der Waals surface area contributed by atoms with Gasteiger partial charge in [-0.1, -0.05) is 18.2 Å². The zero-order chi connectivity index (χ0) is 13.1. The second-order valence-electron chi connectivity index (χ2n) is 4.09. The minimum atomic E-state index is -0.778. The maximum absolute atomic E-state index is 11.9. The Morgan fingerprint density at radius 3 is 2.61 bits per heavy atom. The normalized spacial score (nSPS) is 17.7. The molecule has 1 aromatic carbocycles. The molecular weight excluding hydrogens is 226 g/mol. The molecule has 1 aliphatic heterocycles. The molecular formula is C14H15N3O. The van der Waals surface area contributed by atoms with Gasteiger partial charge in [0.05, 0.1) is 11.4 Å². The summed E-state index contributed by atoms with van der Waals surface area (Å²) in [4.78, 5) is 17.9. The first-order valence-electron chi connectivity index (χ1n) is 6.09. The molecule has 0 saturated carbocycles. The summed E-state index contributed by atoms with van der Waals surface area (Å²) in [5.74, 6) is -1.14. The second-order valence-corrected chi connectivity index (χ2v) is 4.09. The monoisotopic (exact) mass is 241 g/mol. The van der Waals surface area contributed by atoms with Crippen LogP contribution in [0.2, 0.25) is 0 Å². The van der Waals surface area contributed by atoms with E-state index in [0.29, 0.717) is 5.36 Å². The van der Waals surface area contributed by atoms with Gasteiger partial charge >= 0.3 is 0 Å². The van der Waals surface area contributed by atoms with Crippen molar-refractivity contribution in [2.45, 2.75) is 13.8 Å². The maximum Gasteiger partial charge on any atom is 0.269 e. The molecule has 4 heteroatoms. The van der Waals surface area contributed by atoms with E-state index in [-0.39, 0.29) is 5.91 Å². The van der Waals surface area contributed by atoms with E-state index in [1.54, 1.807) is 0 Å². The van der Waals surface area contributed by atoms with Crippen molar-refractivity contribution in [2.24, 2.45) is 10.9 Å². The molecule has 4 nitrogen and oxygen atoms in total. The van der Waals surface area contributed by atoms with Gasteiger partial charge in [0.25, 0.3) is 5.91 Å². The van der Waals surface area contributed by atoms with Crippen LogP contribution in [0.1, 0.15) is 13.8 Å². The van der Waals surface area contributed by atoms with Crippen molar-refractivity contribution >= 4 is 11.6 Å². The summed E-state index contributed by atoms with van der Waals surface area (Å²) in [5.41, 5.74) is 0.790. The van der Waals surface area contributed by atoms with Gasteiger partial charge < -0.3 is 4.90 Å². The molecule has 0 fully saturated rings. The Balaban J connectivity index is 2.80. The summed E-state index contributed by atoms with van der Waals surface area (Å²) < 4.78 is 0. The van der Waals surface area contributed by atoms with Crippen molar-refractivity contribution in [2.75, 3.05) is 13.1 Å². The predicted octanol–water partition coefficient (Wildman–Crippen LogP) is 0.436. The van der Waals surface area contributed by atoms with E-state index < -0.39 is 5.92 Å². The minimum Gasteiger partial charge on any atom is -0.373 e. The SMILES string of the molecule is CCN(CC)C1=c2ccccc2=NC(=O)C1C#N. The Kier molecular flexibility index (Phi) is 3.42. The van der Waals surface area contributed by atoms with Gasteiger partial charge in [-0.05, 0) is 19.9 Å². The molecule has 18 heavy (non-hydrogen) atoms. The molecule has 0 N–H and O–H groups in total. The smallest absolute Gasteiger partial charge is 0.269 e. The van der Waals surface area contributed by atoms with Crippen molar-refractivity contribution in [3.05, 3.63) is 34.8 Å². The first-order chi connectivity index (χ1) is 8.72. The van der Waals surface area contributed by atoms with Crippen LogP contribution in [0, 0.1) is 17.2 Å². The number of nitrogens with zero attached hydrogens (tertiary/aromatic N) is 3. The summed E-state index contributed by atoms with van der Waals surface area (Å²) in [6.07, 6.45) is 0. The van der Waals surface area contributed by atoms with Gasteiger partial charge in [0.15, 0.2) is 5.92 Å². The van der Waals surface area contributed by atoms with E-state index >= 15 is 0 Å². The number of rotatable bonds is 3. The van der Waals surface area contributed by atoms with E-state index in [9.17, 15) is 10.1 Å². The van der Waals surface area contributed by atoms with Crippen LogP contribution in [-0.4, -0.2) is 23.9 Å². The van der Waals surface area contributed by atoms with Crippen LogP contribution in [0.3, 0.4) is 0 Å². The quantitative estimate of drug-likeness (QED) is 0.771. The molecule has 1 heterocycles. The Morgan fingerprint density at radius 2 is 2.00 bits per heavy atom. The third-order valence-corrected chi connectivity index (χ3v) is 3.16. The van der Waals surface area contributed by atoms with Crippen LogP contribution in [-0.2, 0) is 4.79 Å². The molecule has 1 aliphatic rings. The lowest BCUT2D eigenvalue weighted by atomic mass is 9.99. The summed E-state index contributed by atoms with van der Waals surface area (Å²) in [7, 11) is 0. The number of para-hydroxylation sites is 1. The van der Waals surface area contributed by atoms with Crippen LogP contribution in [0.25, 0.3) is 5.70 Å². The third kappa shape index (κ3) is 1.88. The summed E-state index contributed by atoms with van der Waals surface area (Å²) in [6, 6.07) is 9.56. The van der Waals surface area contributed by atoms with Crippen molar-refractivity contribution in [3.8, 4) is 6.07 Å². The molecule has 2 rings (SSSR count). The van der Waals surface area contributed by atoms with Crippen LogP contribution < -0.4 is 10.6 Å². The second kappa shape index (κ2) is 5.01. The third-order valence-electron chi connectivity index (χ3n) is 3.16. The Hall–Kier alpha value is -2.15. The average Bonchev–Trinajstić information content (AvgIpc) is 2.40. The highest BCUT2D eigenvalue weighted by Gasteiger charge is 2.29. The van der Waals surface area contributed by atoms with Crippen molar-refractivity contribution < 1.29 is 4.79 Å². The van der Waals surface area contributed by atoms with Gasteiger partial charge in [-0.25, -0.2) is 4.99 Å². The molecule has 0 bridgehead atoms. The lowest BCUT2D eigenvalue weighted by Gasteiger charge is -2.27. The van der Waals surface area contributed by atoms with Gasteiger partial charge in [0.1, 0.15) is 0 Å². The number of carbonyl (C=O) groups is 1. The summed E-state index contributed by atoms with van der Waals surface area (Å²) in [6.45, 7) is 5.57. The van der Waals surface area contributed by atoms with E-state index in [1.807, 2.05) is 38.1 Å². The van der Waals surface area contributed by atoms with E-state index in [0.717, 1.165) is 24.0 Å². The molecule has 0 aliphatic carbocycles. The topological polar surface area (TPSA) is 56.5 Å². The first kappa shape index (κ1) is 12.3. The lowest BCUT2D eigenvalue weighted by Crippen LogP contribution is -2.43. The van der Waals surface area contributed by atoms with Crippen LogP contribution in [0.5, 0.6) is 0 Å². The fraction of sp³-hybridized carbons (Fsp3) is 0.357. The van der Waals surface area contributed by atoms with Gasteiger partial charge in [-0.2, -0.15) is 5.26 Å². The fourth-order valence-electron chi connectivity index (χ4n) is 2.28. The Morgan fingerprint density at radius 1 is 1.33 bits per heavy atom. The molecule has 92 valence electrons. The number of nitriles is 1. The van der Waals surface area contributed by atoms with E-state index in [4.69, 9.17) is 0 Å². The number of carbonyl (C=O) groups excluding carboxylic acids is 1. The van der Waals surface area contributed by atoms with Crippen LogP contribution in [0.4, 0.5) is 0 Å². The predicted molar refractivity (Wildman–Crippen MR) is 67.7 cm³/mol. The average molecular weight is 241 g/mol. The Bertz CT molecular complexity index is 623. The first-order valence-corrected chi connectivity index (χ1v) is 6.09. The van der Waals surface area contributed by atoms with Crippen molar-refractivity contribution in [1.82, 2.24) is 4.90 Å². The zero-order valence-corrected chi connectivity index (χ0v) is 10.6. The molecule has 1 unspecified atom stereocenters. The van der Waals surface area contributed by atoms with E-state index in [2.05, 4.69) is 16.0 Å². The highest BCUT2D eigenvalue weighted by Crippen LogP contribution is 2.18. The standard InChI is InChI=1S/C14H15N3O/c1-3-17(4-2)13-10-7-5-6-8-12(10)16-14(18)11(13)9-15/h5-8,11H,3-4H2,1-2H3. The van der Waals surface area contributed by atoms with Crippen molar-refractivity contribution in [1.29, 1.82) is 5.26 Å². The molecule has 0 spiro atoms. The molecule has 0 radical (unpaired) electrons. The number of fused-ring (bicyclic) bond motifs is 1. The van der Waals surface area contributed by atoms with Crippen LogP contribution >= 0.6 is 0 Å². The Labute approximate surface area is 106 Å². The lowest BCUT2D eigenvalue weighted by molar-refractivity contribution is -0.119. The van der Waals surface area contributed by atoms with Gasteiger partial charge in [-0.3, -0.25) is 4.79 Å². The minimum absolute atomic E-state index is 0.363. The number of hydrogen-bond acceptors (Lipinski definition) is 3. The molecule has 0 saturated heterocycles. The molecule has 0 aromatic heterocycles. The summed E-state index contributed by atoms with van der Waals surface area (Å²) >= 11 is 0. The highest BCUT2D eigenvalue weighted by molar-refractivity contribution is 5.92. The largest absolute Gasteiger partial charge is 0.373 e. The molecule has 1 amide bonds. The fourth-order valence-corrected chi connectivity index (χ4v) is 2.28. The number of hydrogen-bond donors (Lipinski definition) is 0. The van der Waals surface area contributed by atoms with Gasteiger partial charge in [0.2, 0.25) is 0 Å². The summed E-state index contributed by atoms with van der Waals surface area (Å²) in [5, 5.41) is 10.8. The van der Waals surface area contributed by atoms with Gasteiger partial charge in [-0.15, -0.1) is 0 Å². The zero-order valence-electron chi connectivity index (χ0n) is 10.6. The van der Waals surface area contributed by atoms with Crippen molar-refractivity contribution in [3.63, 3.8) is 0 Å². The highest BCUT2D eigenvalue weighted by atomic mass is 16.1. The van der Waals surface area contributed by atoms with Crippen LogP contribution in [0.15, 0.2) is 29.3 Å². The molecule has 1 aromatic rings. The van der Waals surface area contributed by atoms with Gasteiger partial charge in [0, 0.05) is 24.0 Å². The number of amides is 1. The van der Waals surface area contributed by atoms with E-state index in [1.165, 1.54) is 0 Å². The number of benzene rings is 1. The molecule has 1 atom stereocenters. The maximum atomic E-state index is 11.9.